The average molecular weight is 355 g/mol. The fraction of sp³-hybridized carbons (Fsp3) is 0.333. The number of rotatable bonds is 3. The van der Waals surface area contributed by atoms with Crippen LogP contribution in [0.25, 0.3) is 0 Å². The predicted molar refractivity (Wildman–Crippen MR) is 90.3 cm³/mol. The molecule has 0 fully saturated rings. The van der Waals surface area contributed by atoms with E-state index in [9.17, 15) is 13.2 Å². The molecule has 0 bridgehead atoms. The summed E-state index contributed by atoms with van der Waals surface area (Å²) in [5.41, 5.74) is 3.51. The topological polar surface area (TPSA) is 15.3 Å². The van der Waals surface area contributed by atoms with Gasteiger partial charge in [0.15, 0.2) is 0 Å². The van der Waals surface area contributed by atoms with Crippen LogP contribution in [-0.2, 0) is 25.7 Å². The highest BCUT2D eigenvalue weighted by Gasteiger charge is 2.30. The third-order valence-electron chi connectivity index (χ3n) is 4.31. The average Bonchev–Trinajstić information content (AvgIpc) is 2.52. The van der Waals surface area contributed by atoms with E-state index in [1.54, 1.807) is 0 Å². The van der Waals surface area contributed by atoms with Crippen molar-refractivity contribution in [2.45, 2.75) is 25.7 Å². The molecule has 0 amide bonds. The van der Waals surface area contributed by atoms with Gasteiger partial charge in [0.05, 0.1) is 5.56 Å². The number of hydrogen-bond acceptors (Lipinski definition) is 2. The summed E-state index contributed by atoms with van der Waals surface area (Å²) in [5.74, 6) is 0. The van der Waals surface area contributed by atoms with Crippen LogP contribution in [0.1, 0.15) is 22.3 Å². The van der Waals surface area contributed by atoms with Crippen LogP contribution in [0.3, 0.4) is 0 Å². The van der Waals surface area contributed by atoms with E-state index in [4.69, 9.17) is 11.6 Å². The first kappa shape index (κ1) is 17.1. The van der Waals surface area contributed by atoms with E-state index in [1.807, 2.05) is 12.1 Å². The number of nitrogens with one attached hydrogen (secondary N) is 1. The molecule has 0 unspecified atom stereocenters. The summed E-state index contributed by atoms with van der Waals surface area (Å²) in [5, 5.41) is 3.45. The molecular formula is C18H18ClF3N2. The minimum absolute atomic E-state index is 0.127. The molecule has 24 heavy (non-hydrogen) atoms. The zero-order chi connectivity index (χ0) is 17.3. The highest BCUT2D eigenvalue weighted by Crippen LogP contribution is 2.32. The van der Waals surface area contributed by atoms with E-state index in [1.165, 1.54) is 17.2 Å². The van der Waals surface area contributed by atoms with E-state index in [2.05, 4.69) is 23.3 Å². The first-order valence-corrected chi connectivity index (χ1v) is 8.11. The number of nitrogens with zero attached hydrogens (tertiary/aromatic N) is 1. The molecule has 6 heteroatoms. The van der Waals surface area contributed by atoms with Crippen molar-refractivity contribution in [1.82, 2.24) is 4.90 Å². The Morgan fingerprint density at radius 2 is 2.00 bits per heavy atom. The van der Waals surface area contributed by atoms with Crippen LogP contribution in [0, 0.1) is 0 Å². The Morgan fingerprint density at radius 1 is 1.21 bits per heavy atom. The summed E-state index contributed by atoms with van der Waals surface area (Å²) in [6, 6.07) is 9.59. The van der Waals surface area contributed by atoms with Crippen LogP contribution in [0.2, 0.25) is 5.02 Å². The third kappa shape index (κ3) is 3.68. The summed E-state index contributed by atoms with van der Waals surface area (Å²) in [6.45, 7) is 2.29. The highest BCUT2D eigenvalue weighted by molar-refractivity contribution is 6.31. The maximum atomic E-state index is 12.7. The number of benzene rings is 2. The van der Waals surface area contributed by atoms with Gasteiger partial charge in [0.25, 0.3) is 0 Å². The van der Waals surface area contributed by atoms with E-state index >= 15 is 0 Å². The van der Waals surface area contributed by atoms with Gasteiger partial charge >= 0.3 is 6.18 Å². The minimum Gasteiger partial charge on any atom is -0.381 e. The van der Waals surface area contributed by atoms with Gasteiger partial charge < -0.3 is 10.2 Å². The Kier molecular flexibility index (Phi) is 4.74. The van der Waals surface area contributed by atoms with Crippen molar-refractivity contribution >= 4 is 17.3 Å². The summed E-state index contributed by atoms with van der Waals surface area (Å²) in [7, 11) is 2.09. The number of hydrogen-bond donors (Lipinski definition) is 1. The van der Waals surface area contributed by atoms with Gasteiger partial charge in [-0.1, -0.05) is 29.8 Å². The summed E-state index contributed by atoms with van der Waals surface area (Å²) < 4.78 is 38.1. The van der Waals surface area contributed by atoms with Gasteiger partial charge in [-0.05, 0) is 48.4 Å². The predicted octanol–water partition coefficient (Wildman–Crippen LogP) is 4.96. The zero-order valence-electron chi connectivity index (χ0n) is 13.3. The maximum absolute atomic E-state index is 12.7. The largest absolute Gasteiger partial charge is 0.416 e. The Labute approximate surface area is 144 Å². The number of likely N-dealkylation sites (N-methyl/N-ethyl adjacent to an activating group) is 1. The molecule has 0 saturated heterocycles. The van der Waals surface area contributed by atoms with Crippen LogP contribution in [-0.4, -0.2) is 18.5 Å². The number of alkyl halides is 3. The smallest absolute Gasteiger partial charge is 0.381 e. The maximum Gasteiger partial charge on any atom is 0.416 e. The fourth-order valence-electron chi connectivity index (χ4n) is 2.97. The molecular weight excluding hydrogens is 337 g/mol. The number of halogens is 4. The van der Waals surface area contributed by atoms with Gasteiger partial charge in [-0.3, -0.25) is 0 Å². The van der Waals surface area contributed by atoms with Crippen molar-refractivity contribution in [1.29, 1.82) is 0 Å². The van der Waals surface area contributed by atoms with Gasteiger partial charge in [-0.15, -0.1) is 0 Å². The number of fused-ring (bicyclic) bond motifs is 1. The van der Waals surface area contributed by atoms with Crippen molar-refractivity contribution in [3.63, 3.8) is 0 Å². The van der Waals surface area contributed by atoms with Crippen LogP contribution in [0.4, 0.5) is 18.9 Å². The Bertz CT molecular complexity index is 744. The second-order valence-corrected chi connectivity index (χ2v) is 6.50. The SMILES string of the molecule is CN1CCc2c(cccc2NCc2ccc(C(F)(F)F)cc2Cl)C1. The molecule has 0 atom stereocenters. The summed E-state index contributed by atoms with van der Waals surface area (Å²) in [6.07, 6.45) is -3.42. The van der Waals surface area contributed by atoms with E-state index < -0.39 is 11.7 Å². The summed E-state index contributed by atoms with van der Waals surface area (Å²) in [4.78, 5) is 2.26. The molecule has 0 spiro atoms. The molecule has 1 N–H and O–H groups in total. The number of anilines is 1. The molecule has 0 radical (unpaired) electrons. The first-order chi connectivity index (χ1) is 11.3. The second-order valence-electron chi connectivity index (χ2n) is 6.09. The lowest BCUT2D eigenvalue weighted by atomic mass is 9.98. The Morgan fingerprint density at radius 3 is 2.71 bits per heavy atom. The molecule has 3 rings (SSSR count). The molecule has 1 heterocycles. The normalized spacial score (nSPS) is 15.2. The van der Waals surface area contributed by atoms with Gasteiger partial charge in [0.2, 0.25) is 0 Å². The first-order valence-electron chi connectivity index (χ1n) is 7.73. The second kappa shape index (κ2) is 6.65. The van der Waals surface area contributed by atoms with Crippen LogP contribution >= 0.6 is 11.6 Å². The molecule has 0 aliphatic carbocycles. The highest BCUT2D eigenvalue weighted by atomic mass is 35.5. The van der Waals surface area contributed by atoms with E-state index in [0.717, 1.165) is 37.3 Å². The van der Waals surface area contributed by atoms with Crippen molar-refractivity contribution in [3.05, 3.63) is 63.7 Å². The zero-order valence-corrected chi connectivity index (χ0v) is 14.0. The molecule has 1 aliphatic heterocycles. The third-order valence-corrected chi connectivity index (χ3v) is 4.66. The lowest BCUT2D eigenvalue weighted by Gasteiger charge is -2.27. The fourth-order valence-corrected chi connectivity index (χ4v) is 3.22. The van der Waals surface area contributed by atoms with Crippen molar-refractivity contribution in [2.75, 3.05) is 18.9 Å². The molecule has 1 aliphatic rings. The van der Waals surface area contributed by atoms with Gasteiger partial charge in [0, 0.05) is 30.3 Å². The van der Waals surface area contributed by atoms with Crippen LogP contribution in [0.15, 0.2) is 36.4 Å². The lowest BCUT2D eigenvalue weighted by Crippen LogP contribution is -2.27. The Balaban J connectivity index is 1.76. The van der Waals surface area contributed by atoms with Gasteiger partial charge in [-0.2, -0.15) is 13.2 Å². The van der Waals surface area contributed by atoms with Crippen molar-refractivity contribution in [3.8, 4) is 0 Å². The van der Waals surface area contributed by atoms with Crippen molar-refractivity contribution < 1.29 is 13.2 Å². The van der Waals surface area contributed by atoms with Crippen LogP contribution in [0.5, 0.6) is 0 Å². The monoisotopic (exact) mass is 354 g/mol. The summed E-state index contributed by atoms with van der Waals surface area (Å²) >= 11 is 6.02. The standard InChI is InChI=1S/C18H18ClF3N2/c1-24-8-7-15-13(11-24)3-2-4-17(15)23-10-12-5-6-14(9-16(12)19)18(20,21)22/h2-6,9,23H,7-8,10-11H2,1H3. The molecule has 2 aromatic carbocycles. The lowest BCUT2D eigenvalue weighted by molar-refractivity contribution is -0.137. The minimum atomic E-state index is -4.37. The van der Waals surface area contributed by atoms with Gasteiger partial charge in [-0.25, -0.2) is 0 Å². The molecule has 128 valence electrons. The molecule has 2 aromatic rings. The van der Waals surface area contributed by atoms with E-state index in [-0.39, 0.29) is 5.02 Å². The molecule has 2 nitrogen and oxygen atoms in total. The molecule has 0 saturated carbocycles. The Hall–Kier alpha value is -1.72. The molecule has 0 aromatic heterocycles. The van der Waals surface area contributed by atoms with Crippen LogP contribution < -0.4 is 5.32 Å². The quantitative estimate of drug-likeness (QED) is 0.838. The van der Waals surface area contributed by atoms with Gasteiger partial charge in [0.1, 0.15) is 0 Å². The van der Waals surface area contributed by atoms with E-state index in [0.29, 0.717) is 12.1 Å². The van der Waals surface area contributed by atoms with Crippen molar-refractivity contribution in [2.24, 2.45) is 0 Å².